The molecule has 0 N–H and O–H groups in total. The van der Waals surface area contributed by atoms with Crippen LogP contribution in [0.3, 0.4) is 0 Å². The second kappa shape index (κ2) is 20.5. The summed E-state index contributed by atoms with van der Waals surface area (Å²) in [5, 5.41) is 0. The molecular weight excluding hydrogens is 285 g/mol. The molecule has 0 radical (unpaired) electrons. The van der Waals surface area contributed by atoms with Crippen LogP contribution >= 0.6 is 12.4 Å². The van der Waals surface area contributed by atoms with Gasteiger partial charge < -0.3 is 5.48 Å². The molecule has 0 aromatic heterocycles. The Morgan fingerprint density at radius 3 is 1.00 bits per heavy atom. The van der Waals surface area contributed by atoms with Gasteiger partial charge in [-0.3, -0.25) is 0 Å². The quantitative estimate of drug-likeness (QED) is 0.539. The Morgan fingerprint density at radius 1 is 1.00 bits per heavy atom. The van der Waals surface area contributed by atoms with Gasteiger partial charge in [-0.15, -0.1) is 12.4 Å². The monoisotopic (exact) mass is 287 g/mol. The first kappa shape index (κ1) is 38.9. The second-order valence-electron chi connectivity index (χ2n) is 0. The predicted molar refractivity (Wildman–Crippen MR) is 19.4 cm³/mol. The summed E-state index contributed by atoms with van der Waals surface area (Å²) in [6.07, 6.45) is 0. The van der Waals surface area contributed by atoms with Crippen molar-refractivity contribution in [3.05, 3.63) is 0 Å². The molecule has 0 atom stereocenters. The van der Waals surface area contributed by atoms with Gasteiger partial charge in [0.2, 0.25) is 0 Å². The normalized spacial score (nSPS) is 0. The van der Waals surface area contributed by atoms with E-state index >= 15 is 0 Å². The van der Waals surface area contributed by atoms with Crippen LogP contribution in [0.2, 0.25) is 0 Å². The van der Waals surface area contributed by atoms with Crippen molar-refractivity contribution >= 4 is 62.2 Å². The van der Waals surface area contributed by atoms with Crippen LogP contribution in [-0.4, -0.2) is 49.8 Å². The molecule has 0 aromatic rings. The third-order valence-electron chi connectivity index (χ3n) is 0. The van der Waals surface area contributed by atoms with Gasteiger partial charge in [0, 0.05) is 0 Å². The van der Waals surface area contributed by atoms with Gasteiger partial charge in [-0.25, -0.2) is 0 Å². The average Bonchev–Trinajstić information content (AvgIpc) is 0. The van der Waals surface area contributed by atoms with Crippen LogP contribution in [0.1, 0.15) is 0 Å². The summed E-state index contributed by atoms with van der Waals surface area (Å²) in [5.74, 6) is 0. The Morgan fingerprint density at radius 2 is 1.00 bits per heavy atom. The summed E-state index contributed by atoms with van der Waals surface area (Å²) >= 11 is 0. The van der Waals surface area contributed by atoms with Crippen LogP contribution in [0.5, 0.6) is 0 Å². The SMILES string of the molecule is Cl.[In+3].[O-2].[Sn+4]. The largest absolute Gasteiger partial charge is 4.00 e. The minimum atomic E-state index is 0. The van der Waals surface area contributed by atoms with Crippen molar-refractivity contribution in [2.24, 2.45) is 0 Å². The Labute approximate surface area is 67.0 Å². The Hall–Kier alpha value is 1.92. The van der Waals surface area contributed by atoms with E-state index in [-0.39, 0.29) is 67.6 Å². The van der Waals surface area contributed by atoms with Crippen molar-refractivity contribution < 1.29 is 5.48 Å². The standard InChI is InChI=1S/ClH.In.O.Sn/h1H;;;/q;+3;-2;+4. The summed E-state index contributed by atoms with van der Waals surface area (Å²) in [6.45, 7) is 0. The average molecular weight is 286 g/mol. The van der Waals surface area contributed by atoms with E-state index < -0.39 is 0 Å². The molecule has 16 valence electrons. The van der Waals surface area contributed by atoms with E-state index in [1.54, 1.807) is 0 Å². The molecule has 0 aromatic carbocycles. The van der Waals surface area contributed by atoms with Crippen molar-refractivity contribution in [3.8, 4) is 0 Å². The fourth-order valence-electron chi connectivity index (χ4n) is 0. The third kappa shape index (κ3) is 9.07. The second-order valence-corrected chi connectivity index (χ2v) is 0. The van der Waals surface area contributed by atoms with Crippen LogP contribution in [0.25, 0.3) is 0 Å². The van der Waals surface area contributed by atoms with E-state index in [9.17, 15) is 0 Å². The molecule has 1 nitrogen and oxygen atoms in total. The summed E-state index contributed by atoms with van der Waals surface area (Å²) in [5.41, 5.74) is 0. The molecule has 0 aliphatic heterocycles. The van der Waals surface area contributed by atoms with Crippen molar-refractivity contribution in [2.75, 3.05) is 0 Å². The maximum atomic E-state index is 0. The molecule has 0 aliphatic carbocycles. The number of hydrogen-bond donors (Lipinski definition) is 0. The summed E-state index contributed by atoms with van der Waals surface area (Å²) in [6, 6.07) is 0. The Bertz CT molecular complexity index is 8.00. The number of halogens is 1. The zero-order valence-electron chi connectivity index (χ0n) is 1.89. The van der Waals surface area contributed by atoms with Crippen LogP contribution in [0, 0.1) is 0 Å². The smallest absolute Gasteiger partial charge is 2.00 e. The molecule has 0 rings (SSSR count). The first-order chi connectivity index (χ1) is 0. The van der Waals surface area contributed by atoms with E-state index in [1.165, 1.54) is 0 Å². The van der Waals surface area contributed by atoms with Crippen LogP contribution < -0.4 is 0 Å². The molecule has 0 aliphatic rings. The van der Waals surface area contributed by atoms with Crippen LogP contribution in [0.15, 0.2) is 0 Å². The van der Waals surface area contributed by atoms with E-state index in [0.29, 0.717) is 0 Å². The molecule has 0 amide bonds. The van der Waals surface area contributed by atoms with Crippen molar-refractivity contribution in [3.63, 3.8) is 0 Å². The topological polar surface area (TPSA) is 28.5 Å². The van der Waals surface area contributed by atoms with Gasteiger partial charge in [-0.05, 0) is 0 Å². The van der Waals surface area contributed by atoms with Crippen molar-refractivity contribution in [2.45, 2.75) is 0 Å². The van der Waals surface area contributed by atoms with Crippen LogP contribution in [0.4, 0.5) is 0 Å². The predicted octanol–water partition coefficient (Wildman–Crippen LogP) is -0.459. The molecule has 0 unspecified atom stereocenters. The summed E-state index contributed by atoms with van der Waals surface area (Å²) in [7, 11) is 0. The van der Waals surface area contributed by atoms with E-state index in [4.69, 9.17) is 0 Å². The van der Waals surface area contributed by atoms with E-state index in [2.05, 4.69) is 0 Å². The Balaban J connectivity index is 0. The first-order valence-corrected chi connectivity index (χ1v) is 0. The summed E-state index contributed by atoms with van der Waals surface area (Å²) in [4.78, 5) is 0. The molecule has 4 heteroatoms. The van der Waals surface area contributed by atoms with E-state index in [0.717, 1.165) is 0 Å². The molecule has 0 spiro atoms. The van der Waals surface area contributed by atoms with E-state index in [1.807, 2.05) is 0 Å². The fraction of sp³-hybridized carbons (Fsp3) is 0. The molecule has 0 saturated carbocycles. The molecule has 4 heavy (non-hydrogen) atoms. The third-order valence-corrected chi connectivity index (χ3v) is 0. The first-order valence-electron chi connectivity index (χ1n) is 0. The number of rotatable bonds is 0. The summed E-state index contributed by atoms with van der Waals surface area (Å²) < 4.78 is 0. The van der Waals surface area contributed by atoms with Crippen molar-refractivity contribution in [1.29, 1.82) is 0 Å². The van der Waals surface area contributed by atoms with Gasteiger partial charge in [0.05, 0.1) is 0 Å². The minimum Gasteiger partial charge on any atom is -2.00 e. The van der Waals surface area contributed by atoms with Crippen molar-refractivity contribution in [1.82, 2.24) is 0 Å². The van der Waals surface area contributed by atoms with Gasteiger partial charge in [-0.1, -0.05) is 0 Å². The van der Waals surface area contributed by atoms with Gasteiger partial charge in [0.1, 0.15) is 0 Å². The Kier molecular flexibility index (Phi) is 199. The van der Waals surface area contributed by atoms with Gasteiger partial charge >= 0.3 is 49.8 Å². The molecule has 0 saturated heterocycles. The maximum absolute atomic E-state index is 0. The fourth-order valence-corrected chi connectivity index (χ4v) is 0. The minimum absolute atomic E-state index is 0. The zero-order chi connectivity index (χ0) is 0. The molecule has 0 bridgehead atoms. The molecule has 0 heterocycles. The van der Waals surface area contributed by atoms with Crippen LogP contribution in [-0.2, 0) is 5.48 Å². The maximum Gasteiger partial charge on any atom is 4.00 e. The zero-order valence-corrected chi connectivity index (χ0v) is 8.86. The molecular formula is HClInOSn+5. The number of hydrogen-bond acceptors (Lipinski definition) is 0. The molecule has 0 fully saturated rings. The van der Waals surface area contributed by atoms with Gasteiger partial charge in [0.15, 0.2) is 0 Å². The van der Waals surface area contributed by atoms with Gasteiger partial charge in [-0.2, -0.15) is 0 Å². The van der Waals surface area contributed by atoms with Gasteiger partial charge in [0.25, 0.3) is 0 Å².